The number of anilines is 1. The minimum atomic E-state index is -3.10. The second-order valence-corrected chi connectivity index (χ2v) is 12.0. The monoisotopic (exact) mass is 451 g/mol. The number of nitrogens with one attached hydrogen (secondary N) is 2. The molecular formula is C21H30N3O2PS2. The average molecular weight is 452 g/mol. The first-order valence-electron chi connectivity index (χ1n) is 10.6. The molecule has 0 radical (unpaired) electrons. The van der Waals surface area contributed by atoms with Crippen molar-refractivity contribution in [2.45, 2.75) is 57.9 Å². The maximum absolute atomic E-state index is 11.8. The zero-order valence-corrected chi connectivity index (χ0v) is 19.7. The van der Waals surface area contributed by atoms with E-state index in [0.717, 1.165) is 55.9 Å². The summed E-state index contributed by atoms with van der Waals surface area (Å²) >= 11 is 1.80. The molecule has 2 aromatic rings. The molecule has 1 aromatic heterocycles. The molecule has 1 atom stereocenters. The van der Waals surface area contributed by atoms with Crippen molar-refractivity contribution in [1.82, 2.24) is 9.71 Å². The number of rotatable bonds is 6. The van der Waals surface area contributed by atoms with E-state index in [1.807, 2.05) is 0 Å². The highest BCUT2D eigenvalue weighted by molar-refractivity contribution is 7.89. The number of aryl methyl sites for hydroxylation is 2. The number of hydrogen-bond acceptors (Lipinski definition) is 5. The number of sulfonamides is 1. The average Bonchev–Trinajstić information content (AvgIpc) is 3.04. The first-order chi connectivity index (χ1) is 13.9. The van der Waals surface area contributed by atoms with Gasteiger partial charge in [0.05, 0.1) is 11.4 Å². The Labute approximate surface area is 180 Å². The minimum absolute atomic E-state index is 0.102. The summed E-state index contributed by atoms with van der Waals surface area (Å²) in [6.07, 6.45) is 7.34. The standard InChI is InChI=1S/C21H30N3O2PS2/c1-2-29(25,26)24-16-9-6-14(7-10-16)13-22-21-23-20-18-12-17(27)11-8-15(18)4-3-5-19(20)28-21/h8,11-12,14,16,24H,2-7,9-10,13,27H2,1H3,(H,22,23). The van der Waals surface area contributed by atoms with Crippen LogP contribution >= 0.6 is 20.6 Å². The molecule has 0 amide bonds. The van der Waals surface area contributed by atoms with Gasteiger partial charge in [-0.05, 0) is 74.7 Å². The predicted octanol–water partition coefficient (Wildman–Crippen LogP) is 3.71. The van der Waals surface area contributed by atoms with Gasteiger partial charge < -0.3 is 5.32 Å². The topological polar surface area (TPSA) is 71.1 Å². The fraction of sp³-hybridized carbons (Fsp3) is 0.571. The molecule has 0 bridgehead atoms. The number of hydrogen-bond donors (Lipinski definition) is 2. The Morgan fingerprint density at radius 1 is 1.21 bits per heavy atom. The molecule has 0 saturated heterocycles. The van der Waals surface area contributed by atoms with Crippen LogP contribution in [0.3, 0.4) is 0 Å². The Balaban J connectivity index is 1.36. The number of thiazole rings is 1. The number of aromatic nitrogens is 1. The van der Waals surface area contributed by atoms with Gasteiger partial charge in [-0.25, -0.2) is 18.1 Å². The fourth-order valence-corrected chi connectivity index (χ4v) is 6.53. The van der Waals surface area contributed by atoms with Gasteiger partial charge in [-0.2, -0.15) is 0 Å². The molecule has 1 saturated carbocycles. The van der Waals surface area contributed by atoms with Crippen LogP contribution in [-0.2, 0) is 22.9 Å². The molecule has 1 aromatic carbocycles. The summed E-state index contributed by atoms with van der Waals surface area (Å²) in [5.74, 6) is 0.733. The molecule has 1 heterocycles. The van der Waals surface area contributed by atoms with Gasteiger partial charge in [0.15, 0.2) is 5.13 Å². The molecule has 8 heteroatoms. The van der Waals surface area contributed by atoms with Crippen molar-refractivity contribution in [3.63, 3.8) is 0 Å². The van der Waals surface area contributed by atoms with Crippen LogP contribution in [0.15, 0.2) is 18.2 Å². The van der Waals surface area contributed by atoms with Crippen LogP contribution in [0.4, 0.5) is 5.13 Å². The van der Waals surface area contributed by atoms with E-state index >= 15 is 0 Å². The Kier molecular flexibility index (Phi) is 6.59. The van der Waals surface area contributed by atoms with Crippen LogP contribution in [0, 0.1) is 5.92 Å². The quantitative estimate of drug-likeness (QED) is 0.657. The van der Waals surface area contributed by atoms with Crippen molar-refractivity contribution in [1.29, 1.82) is 0 Å². The minimum Gasteiger partial charge on any atom is -0.361 e. The van der Waals surface area contributed by atoms with Crippen molar-refractivity contribution in [2.24, 2.45) is 5.92 Å². The van der Waals surface area contributed by atoms with E-state index in [9.17, 15) is 8.42 Å². The van der Waals surface area contributed by atoms with Gasteiger partial charge in [0.25, 0.3) is 0 Å². The molecule has 158 valence electrons. The van der Waals surface area contributed by atoms with Gasteiger partial charge in [-0.1, -0.05) is 12.1 Å². The van der Waals surface area contributed by atoms with Crippen LogP contribution in [0.1, 0.15) is 49.5 Å². The molecule has 29 heavy (non-hydrogen) atoms. The lowest BCUT2D eigenvalue weighted by Gasteiger charge is -2.28. The molecule has 4 rings (SSSR count). The van der Waals surface area contributed by atoms with Crippen LogP contribution in [0.25, 0.3) is 11.3 Å². The number of fused-ring (bicyclic) bond motifs is 3. The molecule has 1 fully saturated rings. The summed E-state index contributed by atoms with van der Waals surface area (Å²) < 4.78 is 26.3. The van der Waals surface area contributed by atoms with Gasteiger partial charge >= 0.3 is 0 Å². The highest BCUT2D eigenvalue weighted by atomic mass is 32.2. The smallest absolute Gasteiger partial charge is 0.211 e. The van der Waals surface area contributed by atoms with Crippen LogP contribution in [-0.4, -0.2) is 31.7 Å². The lowest BCUT2D eigenvalue weighted by atomic mass is 9.86. The van der Waals surface area contributed by atoms with Crippen molar-refractivity contribution in [2.75, 3.05) is 17.6 Å². The molecule has 0 aliphatic heterocycles. The normalized spacial score (nSPS) is 21.9. The van der Waals surface area contributed by atoms with Gasteiger partial charge in [0.1, 0.15) is 0 Å². The molecule has 0 spiro atoms. The fourth-order valence-electron chi connectivity index (χ4n) is 4.33. The molecule has 2 N–H and O–H groups in total. The highest BCUT2D eigenvalue weighted by Crippen LogP contribution is 2.37. The zero-order valence-electron chi connectivity index (χ0n) is 16.9. The molecule has 5 nitrogen and oxygen atoms in total. The zero-order chi connectivity index (χ0) is 20.4. The third-order valence-electron chi connectivity index (χ3n) is 6.05. The van der Waals surface area contributed by atoms with E-state index in [0.29, 0.717) is 5.92 Å². The van der Waals surface area contributed by atoms with Crippen molar-refractivity contribution >= 4 is 41.0 Å². The highest BCUT2D eigenvalue weighted by Gasteiger charge is 2.25. The Morgan fingerprint density at radius 3 is 2.76 bits per heavy atom. The van der Waals surface area contributed by atoms with Crippen molar-refractivity contribution < 1.29 is 8.42 Å². The van der Waals surface area contributed by atoms with Crippen molar-refractivity contribution in [3.05, 3.63) is 28.6 Å². The van der Waals surface area contributed by atoms with Gasteiger partial charge in [-0.3, -0.25) is 0 Å². The first kappa shape index (κ1) is 21.2. The Morgan fingerprint density at radius 2 is 2.00 bits per heavy atom. The van der Waals surface area contributed by atoms with Crippen LogP contribution < -0.4 is 15.3 Å². The first-order valence-corrected chi connectivity index (χ1v) is 13.6. The third-order valence-corrected chi connectivity index (χ3v) is 8.94. The number of nitrogens with zero attached hydrogens (tertiary/aromatic N) is 1. The van der Waals surface area contributed by atoms with E-state index < -0.39 is 10.0 Å². The van der Waals surface area contributed by atoms with E-state index in [1.165, 1.54) is 27.7 Å². The third kappa shape index (κ3) is 5.19. The largest absolute Gasteiger partial charge is 0.361 e. The molecule has 1 unspecified atom stereocenters. The van der Waals surface area contributed by atoms with Crippen LogP contribution in [0.5, 0.6) is 0 Å². The van der Waals surface area contributed by atoms with E-state index in [4.69, 9.17) is 4.98 Å². The SMILES string of the molecule is CCS(=O)(=O)NC1CCC(CNc2nc3c(s2)CCCc2ccc(P)cc2-3)CC1. The van der Waals surface area contributed by atoms with Gasteiger partial charge in [0.2, 0.25) is 10.0 Å². The summed E-state index contributed by atoms with van der Waals surface area (Å²) in [5, 5.41) is 5.80. The summed E-state index contributed by atoms with van der Waals surface area (Å²) in [7, 11) is -0.307. The molecular weight excluding hydrogens is 421 g/mol. The second kappa shape index (κ2) is 9.01. The lowest BCUT2D eigenvalue weighted by Crippen LogP contribution is -2.39. The number of benzene rings is 1. The summed E-state index contributed by atoms with van der Waals surface area (Å²) in [6, 6.07) is 6.75. The predicted molar refractivity (Wildman–Crippen MR) is 126 cm³/mol. The van der Waals surface area contributed by atoms with E-state index in [2.05, 4.69) is 37.5 Å². The van der Waals surface area contributed by atoms with Gasteiger partial charge in [-0.15, -0.1) is 20.6 Å². The second-order valence-electron chi connectivity index (χ2n) is 8.18. The summed E-state index contributed by atoms with van der Waals surface area (Å²) in [5.41, 5.74) is 3.85. The van der Waals surface area contributed by atoms with E-state index in [1.54, 1.807) is 18.3 Å². The Bertz CT molecular complexity index is 966. The van der Waals surface area contributed by atoms with Crippen LogP contribution in [0.2, 0.25) is 0 Å². The summed E-state index contributed by atoms with van der Waals surface area (Å²) in [4.78, 5) is 6.35. The summed E-state index contributed by atoms with van der Waals surface area (Å²) in [6.45, 7) is 2.60. The molecule has 2 aliphatic rings. The lowest BCUT2D eigenvalue weighted by molar-refractivity contribution is 0.324. The molecule has 2 aliphatic carbocycles. The maximum atomic E-state index is 11.8. The van der Waals surface area contributed by atoms with Gasteiger partial charge in [0, 0.05) is 23.0 Å². The Hall–Kier alpha value is -1.01. The van der Waals surface area contributed by atoms with Crippen molar-refractivity contribution in [3.8, 4) is 11.3 Å². The maximum Gasteiger partial charge on any atom is 0.211 e. The van der Waals surface area contributed by atoms with E-state index in [-0.39, 0.29) is 11.8 Å².